The molecule has 0 bridgehead atoms. The summed E-state index contributed by atoms with van der Waals surface area (Å²) in [7, 11) is -2.12. The van der Waals surface area contributed by atoms with Gasteiger partial charge >= 0.3 is 0 Å². The van der Waals surface area contributed by atoms with Crippen molar-refractivity contribution < 1.29 is 9.79 Å². The number of hydrogen-bond donors (Lipinski definition) is 0. The zero-order chi connectivity index (χ0) is 8.53. The van der Waals surface area contributed by atoms with Crippen LogP contribution in [0.5, 0.6) is 0 Å². The maximum absolute atomic E-state index is 10.1. The first kappa shape index (κ1) is 11.4. The van der Waals surface area contributed by atoms with Crippen molar-refractivity contribution in [1.82, 2.24) is 0 Å². The molecular formula is C8H17O2P-2. The zero-order valence-corrected chi connectivity index (χ0v) is 8.11. The Kier molecular flexibility index (Phi) is 8.72. The molecule has 0 N–H and O–H groups in total. The van der Waals surface area contributed by atoms with Crippen LogP contribution in [-0.4, -0.2) is 6.16 Å². The number of rotatable bonds is 7. The Hall–Kier alpha value is 0.350. The third-order valence-corrected chi connectivity index (χ3v) is 2.38. The molecule has 0 atom stereocenters. The molecule has 0 spiro atoms. The van der Waals surface area contributed by atoms with E-state index < -0.39 is 8.38 Å². The highest BCUT2D eigenvalue weighted by atomic mass is 31.2. The Morgan fingerprint density at radius 3 is 2.00 bits per heavy atom. The molecule has 0 aromatic carbocycles. The van der Waals surface area contributed by atoms with Crippen LogP contribution >= 0.6 is 8.38 Å². The summed E-state index contributed by atoms with van der Waals surface area (Å²) < 4.78 is 0. The van der Waals surface area contributed by atoms with Crippen LogP contribution in [0.2, 0.25) is 0 Å². The Morgan fingerprint density at radius 1 is 0.909 bits per heavy atom. The fraction of sp³-hybridized carbons (Fsp3) is 1.00. The van der Waals surface area contributed by atoms with Gasteiger partial charge in [-0.3, -0.25) is 0 Å². The van der Waals surface area contributed by atoms with E-state index in [9.17, 15) is 9.79 Å². The van der Waals surface area contributed by atoms with Gasteiger partial charge in [0.05, 0.1) is 0 Å². The van der Waals surface area contributed by atoms with Gasteiger partial charge in [-0.15, -0.1) is 0 Å². The molecule has 0 aliphatic heterocycles. The van der Waals surface area contributed by atoms with E-state index in [1.165, 1.54) is 25.7 Å². The molecule has 11 heavy (non-hydrogen) atoms. The minimum Gasteiger partial charge on any atom is -0.842 e. The van der Waals surface area contributed by atoms with Gasteiger partial charge in [0.15, 0.2) is 0 Å². The average molecular weight is 176 g/mol. The van der Waals surface area contributed by atoms with Crippen LogP contribution in [0.3, 0.4) is 0 Å². The SMILES string of the molecule is CCCCCCCCP([O-])[O-]. The molecule has 0 saturated heterocycles. The van der Waals surface area contributed by atoms with Gasteiger partial charge < -0.3 is 18.2 Å². The first-order valence-electron chi connectivity index (χ1n) is 4.39. The molecule has 0 heterocycles. The van der Waals surface area contributed by atoms with Crippen LogP contribution in [0, 0.1) is 0 Å². The van der Waals surface area contributed by atoms with E-state index in [4.69, 9.17) is 0 Å². The van der Waals surface area contributed by atoms with Crippen molar-refractivity contribution in [2.24, 2.45) is 0 Å². The lowest BCUT2D eigenvalue weighted by Gasteiger charge is -2.30. The second-order valence-electron chi connectivity index (χ2n) is 2.82. The first-order valence-corrected chi connectivity index (χ1v) is 5.75. The van der Waals surface area contributed by atoms with Gasteiger partial charge in [0.1, 0.15) is 0 Å². The van der Waals surface area contributed by atoms with Crippen LogP contribution < -0.4 is 9.79 Å². The molecule has 0 aliphatic carbocycles. The van der Waals surface area contributed by atoms with E-state index in [2.05, 4.69) is 6.92 Å². The van der Waals surface area contributed by atoms with Gasteiger partial charge in [-0.2, -0.15) is 0 Å². The van der Waals surface area contributed by atoms with Gasteiger partial charge in [-0.25, -0.2) is 0 Å². The maximum atomic E-state index is 10.1. The average Bonchev–Trinajstić information content (AvgIpc) is 1.96. The Balaban J connectivity index is 2.80. The van der Waals surface area contributed by atoms with Gasteiger partial charge in [-0.1, -0.05) is 51.6 Å². The molecule has 2 nitrogen and oxygen atoms in total. The molecule has 0 rings (SSSR count). The lowest BCUT2D eigenvalue weighted by Crippen LogP contribution is -2.10. The highest BCUT2D eigenvalue weighted by Crippen LogP contribution is 2.15. The predicted octanol–water partition coefficient (Wildman–Crippen LogP) is 1.38. The molecule has 0 radical (unpaired) electrons. The summed E-state index contributed by atoms with van der Waals surface area (Å²) in [4.78, 5) is 20.3. The van der Waals surface area contributed by atoms with Gasteiger partial charge in [-0.05, 0) is 0 Å². The van der Waals surface area contributed by atoms with Crippen LogP contribution in [0.25, 0.3) is 0 Å². The Labute approximate surface area is 70.6 Å². The van der Waals surface area contributed by atoms with E-state index in [1.54, 1.807) is 0 Å². The molecule has 0 aromatic heterocycles. The zero-order valence-electron chi connectivity index (χ0n) is 7.21. The van der Waals surface area contributed by atoms with E-state index >= 15 is 0 Å². The largest absolute Gasteiger partial charge is 0.842 e. The van der Waals surface area contributed by atoms with E-state index in [0.29, 0.717) is 6.16 Å². The second kappa shape index (κ2) is 8.45. The summed E-state index contributed by atoms with van der Waals surface area (Å²) in [6, 6.07) is 0. The summed E-state index contributed by atoms with van der Waals surface area (Å²) in [6.07, 6.45) is 7.27. The lowest BCUT2D eigenvalue weighted by atomic mass is 10.1. The normalized spacial score (nSPS) is 10.9. The molecule has 0 amide bonds. The summed E-state index contributed by atoms with van der Waals surface area (Å²) in [6.45, 7) is 2.18. The van der Waals surface area contributed by atoms with Crippen molar-refractivity contribution in [1.29, 1.82) is 0 Å². The second-order valence-corrected chi connectivity index (χ2v) is 3.94. The van der Waals surface area contributed by atoms with Crippen molar-refractivity contribution in [2.75, 3.05) is 6.16 Å². The van der Waals surface area contributed by atoms with Crippen LogP contribution in [0.15, 0.2) is 0 Å². The molecule has 0 aromatic rings. The van der Waals surface area contributed by atoms with Crippen LogP contribution in [-0.2, 0) is 0 Å². The van der Waals surface area contributed by atoms with E-state index in [1.807, 2.05) is 0 Å². The van der Waals surface area contributed by atoms with Crippen molar-refractivity contribution >= 4 is 8.38 Å². The molecular weight excluding hydrogens is 159 g/mol. The molecule has 0 fully saturated rings. The van der Waals surface area contributed by atoms with Crippen molar-refractivity contribution in [3.05, 3.63) is 0 Å². The minimum absolute atomic E-state index is 0.376. The summed E-state index contributed by atoms with van der Waals surface area (Å²) in [5.74, 6) is 0. The number of unbranched alkanes of at least 4 members (excludes halogenated alkanes) is 5. The van der Waals surface area contributed by atoms with E-state index in [-0.39, 0.29) is 0 Å². The Bertz CT molecular complexity index is 76.5. The van der Waals surface area contributed by atoms with Crippen LogP contribution in [0.4, 0.5) is 0 Å². The summed E-state index contributed by atoms with van der Waals surface area (Å²) in [5.41, 5.74) is 0. The molecule has 0 unspecified atom stereocenters. The van der Waals surface area contributed by atoms with Crippen molar-refractivity contribution in [3.63, 3.8) is 0 Å². The fourth-order valence-corrected chi connectivity index (χ4v) is 1.50. The highest BCUT2D eigenvalue weighted by Gasteiger charge is 1.87. The van der Waals surface area contributed by atoms with Gasteiger partial charge in [0.2, 0.25) is 0 Å². The Morgan fingerprint density at radius 2 is 1.45 bits per heavy atom. The summed E-state index contributed by atoms with van der Waals surface area (Å²) in [5, 5.41) is 0. The first-order chi connectivity index (χ1) is 5.27. The van der Waals surface area contributed by atoms with Gasteiger partial charge in [0, 0.05) is 0 Å². The number of hydrogen-bond acceptors (Lipinski definition) is 2. The maximum Gasteiger partial charge on any atom is -0.0517 e. The third kappa shape index (κ3) is 10.4. The standard InChI is InChI=1S/C8H17O2P/c1-2-3-4-5-6-7-8-11(9)10/h2-8H2,1H3/q-2. The quantitative estimate of drug-likeness (QED) is 0.434. The lowest BCUT2D eigenvalue weighted by molar-refractivity contribution is -0.292. The molecule has 0 saturated carbocycles. The summed E-state index contributed by atoms with van der Waals surface area (Å²) >= 11 is 0. The third-order valence-electron chi connectivity index (χ3n) is 1.69. The van der Waals surface area contributed by atoms with Crippen molar-refractivity contribution in [2.45, 2.75) is 45.4 Å². The van der Waals surface area contributed by atoms with Crippen molar-refractivity contribution in [3.8, 4) is 0 Å². The van der Waals surface area contributed by atoms with E-state index in [0.717, 1.165) is 12.8 Å². The fourth-order valence-electron chi connectivity index (χ4n) is 1.02. The smallest absolute Gasteiger partial charge is 0.0517 e. The monoisotopic (exact) mass is 176 g/mol. The molecule has 3 heteroatoms. The van der Waals surface area contributed by atoms with Crippen LogP contribution in [0.1, 0.15) is 45.4 Å². The topological polar surface area (TPSA) is 46.1 Å². The highest BCUT2D eigenvalue weighted by molar-refractivity contribution is 7.41. The predicted molar refractivity (Wildman–Crippen MR) is 45.2 cm³/mol. The minimum atomic E-state index is -2.12. The molecule has 68 valence electrons. The van der Waals surface area contributed by atoms with Gasteiger partial charge in [0.25, 0.3) is 0 Å². The molecule has 0 aliphatic rings.